The number of hydrogen-bond acceptors (Lipinski definition) is 21. The van der Waals surface area contributed by atoms with Crippen LogP contribution in [0.3, 0.4) is 0 Å². The van der Waals surface area contributed by atoms with Crippen molar-refractivity contribution in [2.45, 2.75) is 136 Å². The minimum atomic E-state index is -0.0340. The van der Waals surface area contributed by atoms with E-state index in [-0.39, 0.29) is 65.2 Å². The van der Waals surface area contributed by atoms with Crippen LogP contribution in [0.2, 0.25) is 0 Å². The molecule has 2 bridgehead atoms. The Morgan fingerprint density at radius 3 is 1.48 bits per heavy atom. The molecule has 0 aliphatic carbocycles. The highest BCUT2D eigenvalue weighted by atomic mass is 16.5. The van der Waals surface area contributed by atoms with Gasteiger partial charge < -0.3 is 73.6 Å². The Labute approximate surface area is 643 Å². The lowest BCUT2D eigenvalue weighted by Crippen LogP contribution is -2.56. The summed E-state index contributed by atoms with van der Waals surface area (Å²) >= 11 is 0. The number of nitrogens with zero attached hydrogens (tertiary/aromatic N) is 15. The van der Waals surface area contributed by atoms with E-state index >= 15 is 0 Å². The Morgan fingerprint density at radius 2 is 0.955 bits per heavy atom. The number of amides is 3. The van der Waals surface area contributed by atoms with Gasteiger partial charge in [-0.2, -0.15) is 29.9 Å². The number of benzene rings is 6. The van der Waals surface area contributed by atoms with Gasteiger partial charge >= 0.3 is 18.0 Å². The lowest BCUT2D eigenvalue weighted by Gasteiger charge is -2.43. The van der Waals surface area contributed by atoms with Gasteiger partial charge in [0.1, 0.15) is 34.7 Å². The van der Waals surface area contributed by atoms with Crippen molar-refractivity contribution in [3.63, 3.8) is 0 Å². The maximum atomic E-state index is 12.4. The monoisotopic (exact) mass is 1490 g/mol. The van der Waals surface area contributed by atoms with Crippen LogP contribution in [0.1, 0.15) is 113 Å². The third kappa shape index (κ3) is 15.8. The van der Waals surface area contributed by atoms with Gasteiger partial charge in [-0.05, 0) is 125 Å². The van der Waals surface area contributed by atoms with Gasteiger partial charge in [0, 0.05) is 165 Å². The molecule has 16 rings (SSSR count). The first kappa shape index (κ1) is 75.4. The molecule has 110 heavy (non-hydrogen) atoms. The number of hydrogen-bond donors (Lipinski definition) is 3. The van der Waals surface area contributed by atoms with E-state index < -0.39 is 0 Å². The molecule has 9 aromatic rings. The summed E-state index contributed by atoms with van der Waals surface area (Å²) in [4.78, 5) is 85.3. The van der Waals surface area contributed by atoms with Crippen LogP contribution < -0.4 is 43.6 Å². The number of aromatic nitrogens is 6. The molecule has 3 amide bonds. The van der Waals surface area contributed by atoms with E-state index in [1.165, 1.54) is 23.8 Å². The van der Waals surface area contributed by atoms with Crippen LogP contribution >= 0.6 is 0 Å². The molecule has 5 unspecified atom stereocenters. The molecule has 0 spiro atoms. The van der Waals surface area contributed by atoms with Gasteiger partial charge in [0.25, 0.3) is 0 Å². The summed E-state index contributed by atoms with van der Waals surface area (Å²) < 4.78 is 18.0. The molecule has 0 saturated carbocycles. The molecule has 4 fully saturated rings. The zero-order valence-electron chi connectivity index (χ0n) is 64.1. The molecule has 574 valence electrons. The van der Waals surface area contributed by atoms with Crippen molar-refractivity contribution in [3.8, 4) is 35.3 Å². The molecule has 5 atom stereocenters. The van der Waals surface area contributed by atoms with Crippen molar-refractivity contribution in [3.05, 3.63) is 181 Å². The van der Waals surface area contributed by atoms with Crippen LogP contribution in [0, 0.1) is 0 Å². The highest BCUT2D eigenvalue weighted by Crippen LogP contribution is 2.45. The van der Waals surface area contributed by atoms with E-state index in [0.29, 0.717) is 110 Å². The fraction of sp³-hybridized carbons (Fsp3) is 0.407. The van der Waals surface area contributed by atoms with Crippen LogP contribution in [0.4, 0.5) is 34.5 Å². The minimum Gasteiger partial charge on any atom is -0.508 e. The Hall–Kier alpha value is -11.4. The fourth-order valence-corrected chi connectivity index (χ4v) is 16.7. The van der Waals surface area contributed by atoms with Gasteiger partial charge in [-0.25, -0.2) is 0 Å². The Bertz CT molecular complexity index is 4830. The van der Waals surface area contributed by atoms with Gasteiger partial charge in [0.2, 0.25) is 17.7 Å². The molecule has 3 N–H and O–H groups in total. The lowest BCUT2D eigenvalue weighted by atomic mass is 9.96. The molecule has 7 aliphatic rings. The second kappa shape index (κ2) is 33.2. The predicted molar refractivity (Wildman–Crippen MR) is 433 cm³/mol. The molecule has 4 saturated heterocycles. The summed E-state index contributed by atoms with van der Waals surface area (Å²) in [6, 6.07) is 37.2. The average molecular weight is 1490 g/mol. The maximum Gasteiger partial charge on any atom is 0.318 e. The van der Waals surface area contributed by atoms with Crippen molar-refractivity contribution in [1.29, 1.82) is 0 Å². The van der Waals surface area contributed by atoms with Crippen LogP contribution in [0.25, 0.3) is 32.3 Å². The Morgan fingerprint density at radius 1 is 0.500 bits per heavy atom. The smallest absolute Gasteiger partial charge is 0.318 e. The van der Waals surface area contributed by atoms with E-state index in [4.69, 9.17) is 44.1 Å². The molecular weight excluding hydrogens is 1390 g/mol. The molecule has 24 nitrogen and oxygen atoms in total. The first-order valence-corrected chi connectivity index (χ1v) is 39.0. The van der Waals surface area contributed by atoms with Crippen LogP contribution in [0.15, 0.2) is 147 Å². The van der Waals surface area contributed by atoms with Gasteiger partial charge in [0.15, 0.2) is 0 Å². The van der Waals surface area contributed by atoms with Gasteiger partial charge in [0.05, 0.1) is 55.5 Å². The highest BCUT2D eigenvalue weighted by molar-refractivity contribution is 5.98. The predicted octanol–water partition coefficient (Wildman–Crippen LogP) is 12.4. The number of carbonyl (C=O) groups excluding carboxylic acids is 3. The van der Waals surface area contributed by atoms with E-state index in [0.717, 1.165) is 159 Å². The summed E-state index contributed by atoms with van der Waals surface area (Å²) in [6.07, 6.45) is 11.2. The SMILES string of the molecule is C=CC(=O)N1CC2CCC(C1)N2c1nc(OC(C)CC)nc2c1CCN(c1cc(O)cc3ccccc13)C2.C=CC(=O)N1CCN(c2nc(OCCC)nc3c2CC(C)N(c2cc(O)cc4ccccc24)C3)CC1.C=CC(=O)N1CCN(c2nc(OCCC)nc3c2CCN(c2cc(O)cc4ccccc24)C3C)CC1. The van der Waals surface area contributed by atoms with Crippen LogP contribution in [-0.4, -0.2) is 194 Å². The van der Waals surface area contributed by atoms with E-state index in [2.05, 4.69) is 102 Å². The second-order valence-corrected chi connectivity index (χ2v) is 29.5. The molecule has 24 heteroatoms. The minimum absolute atomic E-state index is 0.000964. The average Bonchev–Trinajstić information content (AvgIpc) is 1.21. The number of phenols is 3. The number of phenolic OH excluding ortho intramolecular Hbond substituents is 3. The standard InChI is InChI=1S/C30H35N5O3.2C28H33N5O3/c1-4-19(3)38-30-31-26-18-33(27-15-23(36)14-20-8-6-7-9-24(20)27)13-12-25(26)29(32-30)35-21-10-11-22(35)17-34(16-21)28(37)5-2;1-4-14-36-28-29-24-18-33(25-17-21(34)16-20-8-6-7-9-22(20)25)19(3)15-23(24)27(30-28)32-12-10-31(11-13-32)26(35)5-2;1-4-16-36-28-29-26-19(3)33(24-18-21(34)17-20-8-6-7-9-22(20)24)11-10-23(26)27(30-28)32-14-12-31(13-15-32)25(35)5-2/h5-9,14-15,19,21-22,36H,2,4,10-13,16-18H2,1,3H3;5-9,16-17,19,34H,2,4,10-15,18H2,1,3H3;5-9,17-19,34H,2,4,10-16H2,1,3H3. The second-order valence-electron chi connectivity index (χ2n) is 29.5. The third-order valence-corrected chi connectivity index (χ3v) is 22.4. The van der Waals surface area contributed by atoms with Crippen LogP contribution in [0.5, 0.6) is 35.3 Å². The number of carbonyl (C=O) groups is 3. The number of piperazine rings is 3. The van der Waals surface area contributed by atoms with Crippen molar-refractivity contribution < 1.29 is 43.9 Å². The van der Waals surface area contributed by atoms with Gasteiger partial charge in [-0.3, -0.25) is 14.4 Å². The lowest BCUT2D eigenvalue weighted by molar-refractivity contribution is -0.127. The normalized spacial score (nSPS) is 19.0. The largest absolute Gasteiger partial charge is 0.508 e. The van der Waals surface area contributed by atoms with Gasteiger partial charge in [-0.15, -0.1) is 0 Å². The van der Waals surface area contributed by atoms with E-state index in [9.17, 15) is 29.7 Å². The topological polar surface area (TPSA) is 246 Å². The molecule has 0 radical (unpaired) electrons. The summed E-state index contributed by atoms with van der Waals surface area (Å²) in [5.41, 5.74) is 9.31. The third-order valence-electron chi connectivity index (χ3n) is 22.4. The van der Waals surface area contributed by atoms with Crippen molar-refractivity contribution in [2.24, 2.45) is 0 Å². The Balaban J connectivity index is 0.000000138. The number of fused-ring (bicyclic) bond motifs is 8. The summed E-state index contributed by atoms with van der Waals surface area (Å²) in [6.45, 7) is 34.1. The van der Waals surface area contributed by atoms with Crippen molar-refractivity contribution in [2.75, 3.05) is 121 Å². The first-order valence-electron chi connectivity index (χ1n) is 39.0. The van der Waals surface area contributed by atoms with Gasteiger partial charge in [-0.1, -0.05) is 113 Å². The first-order chi connectivity index (χ1) is 53.4. The zero-order chi connectivity index (χ0) is 76.9. The van der Waals surface area contributed by atoms with E-state index in [1.54, 1.807) is 12.1 Å². The molecule has 7 aliphatic heterocycles. The van der Waals surface area contributed by atoms with Crippen molar-refractivity contribution >= 4 is 84.6 Å². The fourth-order valence-electron chi connectivity index (χ4n) is 16.7. The quantitative estimate of drug-likeness (QED) is 0.0676. The zero-order valence-corrected chi connectivity index (χ0v) is 64.1. The molecule has 6 aromatic carbocycles. The number of anilines is 6. The highest BCUT2D eigenvalue weighted by Gasteiger charge is 2.44. The number of ether oxygens (including phenoxy) is 3. The maximum absolute atomic E-state index is 12.4. The van der Waals surface area contributed by atoms with Crippen LogP contribution in [-0.2, 0) is 46.7 Å². The van der Waals surface area contributed by atoms with E-state index in [1.807, 2.05) is 100 Å². The summed E-state index contributed by atoms with van der Waals surface area (Å²) in [7, 11) is 0. The molecule has 10 heterocycles. The summed E-state index contributed by atoms with van der Waals surface area (Å²) in [5, 5.41) is 37.7. The Kier molecular flexibility index (Phi) is 22.7. The summed E-state index contributed by atoms with van der Waals surface area (Å²) in [5.74, 6) is 3.48. The van der Waals surface area contributed by atoms with Crippen molar-refractivity contribution in [1.82, 2.24) is 44.6 Å². The number of likely N-dealkylation sites (tertiary alicyclic amines) is 1. The molecule has 3 aromatic heterocycles. The number of rotatable bonds is 18. The molecular formula is C86H101N15O9. The number of aromatic hydroxyl groups is 3.